The molecule has 0 radical (unpaired) electrons. The van der Waals surface area contributed by atoms with Crippen LogP contribution in [0, 0.1) is 0 Å². The highest BCUT2D eigenvalue weighted by Gasteiger charge is 2.02. The van der Waals surface area contributed by atoms with E-state index in [2.05, 4.69) is 5.10 Å². The first-order chi connectivity index (χ1) is 8.81. The first-order valence-electron chi connectivity index (χ1n) is 5.72. The molecule has 1 heterocycles. The fourth-order valence-corrected chi connectivity index (χ4v) is 2.19. The molecular formula is C13H15N3OS. The second-order valence-corrected chi connectivity index (χ2v) is 4.82. The molecule has 0 aliphatic heterocycles. The average molecular weight is 261 g/mol. The molecule has 0 fully saturated rings. The lowest BCUT2D eigenvalue weighted by atomic mass is 10.1. The highest BCUT2D eigenvalue weighted by atomic mass is 32.2. The van der Waals surface area contributed by atoms with Crippen molar-refractivity contribution < 1.29 is 0 Å². The van der Waals surface area contributed by atoms with Gasteiger partial charge in [-0.3, -0.25) is 4.79 Å². The lowest BCUT2D eigenvalue weighted by molar-refractivity contribution is 0.697. The molecule has 94 valence electrons. The van der Waals surface area contributed by atoms with Gasteiger partial charge in [0, 0.05) is 23.9 Å². The number of benzene rings is 1. The summed E-state index contributed by atoms with van der Waals surface area (Å²) >= 11 is 1.60. The molecule has 1 aromatic carbocycles. The molecule has 0 amide bonds. The average Bonchev–Trinajstić information content (AvgIpc) is 2.42. The molecular weight excluding hydrogens is 246 g/mol. The molecule has 0 saturated carbocycles. The molecule has 0 aliphatic carbocycles. The molecule has 0 spiro atoms. The van der Waals surface area contributed by atoms with Crippen molar-refractivity contribution in [3.63, 3.8) is 0 Å². The molecule has 1 aromatic heterocycles. The highest BCUT2D eigenvalue weighted by molar-refractivity contribution is 7.98. The van der Waals surface area contributed by atoms with Crippen molar-refractivity contribution >= 4 is 11.8 Å². The molecule has 0 saturated heterocycles. The van der Waals surface area contributed by atoms with Crippen LogP contribution in [0.3, 0.4) is 0 Å². The monoisotopic (exact) mass is 261 g/mol. The van der Waals surface area contributed by atoms with Crippen LogP contribution in [0.15, 0.2) is 47.3 Å². The zero-order valence-corrected chi connectivity index (χ0v) is 10.8. The van der Waals surface area contributed by atoms with Gasteiger partial charge in [-0.2, -0.15) is 5.10 Å². The van der Waals surface area contributed by atoms with Gasteiger partial charge in [0.05, 0.1) is 11.6 Å². The van der Waals surface area contributed by atoms with E-state index in [-0.39, 0.29) is 5.56 Å². The number of rotatable bonds is 5. The van der Waals surface area contributed by atoms with E-state index in [1.54, 1.807) is 23.9 Å². The van der Waals surface area contributed by atoms with E-state index in [9.17, 15) is 4.79 Å². The molecule has 2 rings (SSSR count). The molecule has 0 unspecified atom stereocenters. The van der Waals surface area contributed by atoms with Gasteiger partial charge in [-0.05, 0) is 6.07 Å². The normalized spacial score (nSPS) is 10.5. The number of thioether (sulfide) groups is 1. The van der Waals surface area contributed by atoms with E-state index in [4.69, 9.17) is 5.73 Å². The SMILES string of the molecule is NCCSCn1nc(-c2ccccc2)ccc1=O. The quantitative estimate of drug-likeness (QED) is 0.830. The number of nitrogens with zero attached hydrogens (tertiary/aromatic N) is 2. The Morgan fingerprint density at radius 1 is 1.17 bits per heavy atom. The Morgan fingerprint density at radius 3 is 2.67 bits per heavy atom. The van der Waals surface area contributed by atoms with Gasteiger partial charge in [-0.1, -0.05) is 30.3 Å². The zero-order valence-electron chi connectivity index (χ0n) is 9.95. The fraction of sp³-hybridized carbons (Fsp3) is 0.231. The first-order valence-corrected chi connectivity index (χ1v) is 6.88. The summed E-state index contributed by atoms with van der Waals surface area (Å²) in [5.74, 6) is 1.36. The van der Waals surface area contributed by atoms with Gasteiger partial charge in [0.1, 0.15) is 0 Å². The third-order valence-electron chi connectivity index (χ3n) is 2.41. The summed E-state index contributed by atoms with van der Waals surface area (Å²) in [6.45, 7) is 0.609. The number of aromatic nitrogens is 2. The highest BCUT2D eigenvalue weighted by Crippen LogP contribution is 2.14. The van der Waals surface area contributed by atoms with Crippen LogP contribution in [0.25, 0.3) is 11.3 Å². The minimum Gasteiger partial charge on any atom is -0.330 e. The Balaban J connectivity index is 2.24. The Kier molecular flexibility index (Phi) is 4.55. The summed E-state index contributed by atoms with van der Waals surface area (Å²) in [4.78, 5) is 11.7. The third kappa shape index (κ3) is 3.21. The molecule has 0 atom stereocenters. The van der Waals surface area contributed by atoms with Crippen LogP contribution in [-0.2, 0) is 5.88 Å². The molecule has 2 aromatic rings. The summed E-state index contributed by atoms with van der Waals surface area (Å²) in [7, 11) is 0. The molecule has 0 aliphatic rings. The Hall–Kier alpha value is -1.59. The second-order valence-electron chi connectivity index (χ2n) is 3.75. The van der Waals surface area contributed by atoms with Gasteiger partial charge in [-0.15, -0.1) is 11.8 Å². The van der Waals surface area contributed by atoms with Crippen LogP contribution in [0.2, 0.25) is 0 Å². The predicted molar refractivity (Wildman–Crippen MR) is 75.4 cm³/mol. The summed E-state index contributed by atoms with van der Waals surface area (Å²) in [6, 6.07) is 13.1. The van der Waals surface area contributed by atoms with Crippen LogP contribution in [0.5, 0.6) is 0 Å². The minimum absolute atomic E-state index is 0.0841. The molecule has 4 nitrogen and oxygen atoms in total. The van der Waals surface area contributed by atoms with Crippen LogP contribution in [0.4, 0.5) is 0 Å². The van der Waals surface area contributed by atoms with Gasteiger partial charge in [0.2, 0.25) is 0 Å². The zero-order chi connectivity index (χ0) is 12.8. The number of hydrogen-bond donors (Lipinski definition) is 1. The van der Waals surface area contributed by atoms with Crippen LogP contribution < -0.4 is 11.3 Å². The summed E-state index contributed by atoms with van der Waals surface area (Å²) < 4.78 is 1.47. The molecule has 2 N–H and O–H groups in total. The van der Waals surface area contributed by atoms with E-state index in [1.807, 2.05) is 30.3 Å². The Morgan fingerprint density at radius 2 is 1.94 bits per heavy atom. The van der Waals surface area contributed by atoms with Gasteiger partial charge in [0.15, 0.2) is 0 Å². The molecule has 5 heteroatoms. The summed E-state index contributed by atoms with van der Waals surface area (Å²) in [5.41, 5.74) is 7.16. The van der Waals surface area contributed by atoms with E-state index in [0.717, 1.165) is 17.0 Å². The third-order valence-corrected chi connectivity index (χ3v) is 3.36. The van der Waals surface area contributed by atoms with Crippen molar-refractivity contribution in [3.8, 4) is 11.3 Å². The second kappa shape index (κ2) is 6.37. The maximum absolute atomic E-state index is 11.7. The van der Waals surface area contributed by atoms with Gasteiger partial charge >= 0.3 is 0 Å². The predicted octanol–water partition coefficient (Wildman–Crippen LogP) is 1.56. The Labute approximate surface area is 110 Å². The largest absolute Gasteiger partial charge is 0.330 e. The summed E-state index contributed by atoms with van der Waals surface area (Å²) in [6.07, 6.45) is 0. The smallest absolute Gasteiger partial charge is 0.267 e. The standard InChI is InChI=1S/C13H15N3OS/c14-8-9-18-10-16-13(17)7-6-12(15-16)11-4-2-1-3-5-11/h1-7H,8-10,14H2. The van der Waals surface area contributed by atoms with Gasteiger partial charge < -0.3 is 5.73 Å². The maximum Gasteiger partial charge on any atom is 0.267 e. The van der Waals surface area contributed by atoms with Crippen molar-refractivity contribution in [1.29, 1.82) is 0 Å². The number of hydrogen-bond acceptors (Lipinski definition) is 4. The minimum atomic E-state index is -0.0841. The molecule has 18 heavy (non-hydrogen) atoms. The van der Waals surface area contributed by atoms with Crippen LogP contribution >= 0.6 is 11.8 Å². The Bertz CT molecular complexity index is 554. The number of nitrogens with two attached hydrogens (primary N) is 1. The van der Waals surface area contributed by atoms with E-state index < -0.39 is 0 Å². The topological polar surface area (TPSA) is 60.9 Å². The van der Waals surface area contributed by atoms with E-state index >= 15 is 0 Å². The van der Waals surface area contributed by atoms with Crippen LogP contribution in [-0.4, -0.2) is 22.1 Å². The van der Waals surface area contributed by atoms with Crippen molar-refractivity contribution in [3.05, 3.63) is 52.8 Å². The maximum atomic E-state index is 11.7. The van der Waals surface area contributed by atoms with Crippen molar-refractivity contribution in [2.24, 2.45) is 5.73 Å². The van der Waals surface area contributed by atoms with Crippen molar-refractivity contribution in [2.75, 3.05) is 12.3 Å². The van der Waals surface area contributed by atoms with Gasteiger partial charge in [-0.25, -0.2) is 4.68 Å². The van der Waals surface area contributed by atoms with E-state index in [1.165, 1.54) is 4.68 Å². The van der Waals surface area contributed by atoms with Crippen LogP contribution in [0.1, 0.15) is 0 Å². The van der Waals surface area contributed by atoms with Crippen molar-refractivity contribution in [2.45, 2.75) is 5.88 Å². The first kappa shape index (κ1) is 12.9. The van der Waals surface area contributed by atoms with Gasteiger partial charge in [0.25, 0.3) is 5.56 Å². The van der Waals surface area contributed by atoms with E-state index in [0.29, 0.717) is 12.4 Å². The fourth-order valence-electron chi connectivity index (χ4n) is 1.54. The lowest BCUT2D eigenvalue weighted by Gasteiger charge is -2.06. The lowest BCUT2D eigenvalue weighted by Crippen LogP contribution is -2.21. The van der Waals surface area contributed by atoms with Crippen molar-refractivity contribution in [1.82, 2.24) is 9.78 Å². The molecule has 0 bridgehead atoms. The summed E-state index contributed by atoms with van der Waals surface area (Å²) in [5, 5.41) is 4.36.